The third-order valence-corrected chi connectivity index (χ3v) is 10.9. The smallest absolute Gasteiger partial charge is 0.355 e. The maximum Gasteiger partial charge on any atom is 0.355 e. The van der Waals surface area contributed by atoms with Gasteiger partial charge in [-0.25, -0.2) is 19.2 Å². The van der Waals surface area contributed by atoms with Crippen molar-refractivity contribution in [1.29, 1.82) is 0 Å². The van der Waals surface area contributed by atoms with Crippen molar-refractivity contribution in [2.24, 2.45) is 0 Å². The van der Waals surface area contributed by atoms with Gasteiger partial charge in [0, 0.05) is 49.7 Å². The van der Waals surface area contributed by atoms with E-state index in [-0.39, 0.29) is 18.1 Å². The second kappa shape index (κ2) is 19.2. The summed E-state index contributed by atoms with van der Waals surface area (Å²) in [4.78, 5) is 28.3. The van der Waals surface area contributed by atoms with Crippen molar-refractivity contribution in [3.05, 3.63) is 76.0 Å². The van der Waals surface area contributed by atoms with Crippen LogP contribution in [0.25, 0.3) is 10.2 Å². The van der Waals surface area contributed by atoms with E-state index in [0.29, 0.717) is 77.7 Å². The number of β-amino-alcohol motifs (C(OH)–C–C–N with tert-alkyl or cyclic N) is 1. The molecule has 5 aromatic rings. The van der Waals surface area contributed by atoms with Crippen LogP contribution in [0.4, 0.5) is 26.3 Å². The van der Waals surface area contributed by atoms with Crippen molar-refractivity contribution in [3.8, 4) is 17.6 Å². The Bertz CT molecular complexity index is 2090. The van der Waals surface area contributed by atoms with Gasteiger partial charge in [0.25, 0.3) is 0 Å². The number of carboxylic acids is 1. The highest BCUT2D eigenvalue weighted by Crippen LogP contribution is 2.34. The molecule has 1 aliphatic heterocycles. The van der Waals surface area contributed by atoms with Crippen LogP contribution in [0.1, 0.15) is 45.8 Å². The van der Waals surface area contributed by atoms with E-state index in [1.54, 1.807) is 12.1 Å². The number of thiazole rings is 2. The highest BCUT2D eigenvalue weighted by molar-refractivity contribution is 7.22. The molecule has 1 unspecified atom stereocenters. The van der Waals surface area contributed by atoms with Crippen LogP contribution in [0.2, 0.25) is 0 Å². The van der Waals surface area contributed by atoms with Crippen molar-refractivity contribution < 1.29 is 24.1 Å². The minimum atomic E-state index is -1.14. The second-order valence-electron chi connectivity index (χ2n) is 13.6. The molecular weight excluding hydrogens is 742 g/mol. The van der Waals surface area contributed by atoms with Crippen LogP contribution in [0.3, 0.4) is 0 Å². The van der Waals surface area contributed by atoms with E-state index in [1.165, 1.54) is 28.7 Å². The number of carboxylic acid groups (broad SMARTS) is 1. The summed E-state index contributed by atoms with van der Waals surface area (Å²) < 4.78 is 21.5. The molecule has 0 amide bonds. The average Bonchev–Trinajstić information content (AvgIpc) is 3.78. The highest BCUT2D eigenvalue weighted by Gasteiger charge is 2.24. The molecule has 0 radical (unpaired) electrons. The summed E-state index contributed by atoms with van der Waals surface area (Å²) in [7, 11) is 3.83. The monoisotopic (exact) mass is 787 g/mol. The number of rotatable bonds is 17. The van der Waals surface area contributed by atoms with E-state index < -0.39 is 17.9 Å². The number of para-hydroxylation sites is 1. The number of hydrogen-bond acceptors (Lipinski definition) is 14. The first-order chi connectivity index (χ1) is 26.6. The zero-order valence-electron chi connectivity index (χ0n) is 31.2. The molecule has 0 saturated carbocycles. The van der Waals surface area contributed by atoms with E-state index in [1.807, 2.05) is 61.2 Å². The van der Waals surface area contributed by atoms with Gasteiger partial charge in [-0.05, 0) is 88.7 Å². The normalized spacial score (nSPS) is 13.8. The third kappa shape index (κ3) is 11.2. The molecule has 3 aromatic heterocycles. The molecule has 6 rings (SSSR count). The molecule has 13 nitrogen and oxygen atoms in total. The number of benzene rings is 2. The molecule has 290 valence electrons. The van der Waals surface area contributed by atoms with Gasteiger partial charge in [-0.2, -0.15) is 0 Å². The second-order valence-corrected chi connectivity index (χ2v) is 15.6. The minimum Gasteiger partial charge on any atom is -0.491 e. The summed E-state index contributed by atoms with van der Waals surface area (Å²) in [6.45, 7) is 7.30. The number of aromatic nitrogens is 4. The maximum atomic E-state index is 14.8. The molecule has 0 aliphatic carbocycles. The van der Waals surface area contributed by atoms with E-state index >= 15 is 0 Å². The quantitative estimate of drug-likeness (QED) is 0.0690. The Morgan fingerprint density at radius 2 is 1.93 bits per heavy atom. The Labute approximate surface area is 328 Å². The zero-order chi connectivity index (χ0) is 38.7. The lowest BCUT2D eigenvalue weighted by Crippen LogP contribution is -2.46. The van der Waals surface area contributed by atoms with Crippen LogP contribution in [-0.2, 0) is 6.42 Å². The van der Waals surface area contributed by atoms with Crippen molar-refractivity contribution in [2.45, 2.75) is 38.7 Å². The number of aryl methyl sites for hydroxylation is 2. The van der Waals surface area contributed by atoms with E-state index in [4.69, 9.17) is 4.74 Å². The van der Waals surface area contributed by atoms with Gasteiger partial charge in [0.15, 0.2) is 39.2 Å². The lowest BCUT2D eigenvalue weighted by atomic mass is 10.1. The number of hydrogen-bond donors (Lipinski definition) is 4. The predicted molar refractivity (Wildman–Crippen MR) is 216 cm³/mol. The van der Waals surface area contributed by atoms with Gasteiger partial charge in [-0.1, -0.05) is 35.3 Å². The average molecular weight is 788 g/mol. The van der Waals surface area contributed by atoms with Gasteiger partial charge >= 0.3 is 5.97 Å². The largest absolute Gasteiger partial charge is 0.491 e. The Kier molecular flexibility index (Phi) is 13.9. The summed E-state index contributed by atoms with van der Waals surface area (Å²) in [5.41, 5.74) is 2.23. The molecule has 4 N–H and O–H groups in total. The van der Waals surface area contributed by atoms with E-state index in [9.17, 15) is 19.4 Å². The number of halogens is 1. The lowest BCUT2D eigenvalue weighted by molar-refractivity contribution is 0.0690. The molecule has 2 aromatic carbocycles. The first-order valence-corrected chi connectivity index (χ1v) is 19.9. The van der Waals surface area contributed by atoms with Crippen molar-refractivity contribution in [2.75, 3.05) is 76.7 Å². The fourth-order valence-electron chi connectivity index (χ4n) is 6.03. The van der Waals surface area contributed by atoms with Gasteiger partial charge < -0.3 is 30.5 Å². The van der Waals surface area contributed by atoms with Crippen LogP contribution in [0, 0.1) is 24.6 Å². The van der Waals surface area contributed by atoms with Crippen LogP contribution in [0.15, 0.2) is 48.5 Å². The number of aliphatic hydroxyl groups is 1. The van der Waals surface area contributed by atoms with Crippen LogP contribution < -0.4 is 20.3 Å². The Hall–Kier alpha value is -4.76. The number of nitrogens with one attached hydrogen (secondary N) is 2. The lowest BCUT2D eigenvalue weighted by Gasteiger charge is -2.29. The molecule has 1 saturated heterocycles. The number of anilines is 4. The van der Waals surface area contributed by atoms with Gasteiger partial charge in [-0.3, -0.25) is 9.80 Å². The Morgan fingerprint density at radius 1 is 1.11 bits per heavy atom. The zero-order valence-corrected chi connectivity index (χ0v) is 32.9. The molecule has 16 heteroatoms. The molecule has 55 heavy (non-hydrogen) atoms. The summed E-state index contributed by atoms with van der Waals surface area (Å²) in [6.07, 6.45) is 1.45. The van der Waals surface area contributed by atoms with Crippen LogP contribution in [0.5, 0.6) is 5.75 Å². The van der Waals surface area contributed by atoms with E-state index in [0.717, 1.165) is 42.0 Å². The molecule has 1 atom stereocenters. The maximum absolute atomic E-state index is 14.8. The van der Waals surface area contributed by atoms with Crippen molar-refractivity contribution >= 4 is 60.8 Å². The topological polar surface area (TPSA) is 152 Å². The van der Waals surface area contributed by atoms with Gasteiger partial charge in [0.1, 0.15) is 0 Å². The van der Waals surface area contributed by atoms with Gasteiger partial charge in [0.05, 0.1) is 29.5 Å². The highest BCUT2D eigenvalue weighted by atomic mass is 32.1. The fourth-order valence-corrected chi connectivity index (χ4v) is 8.02. The van der Waals surface area contributed by atoms with Crippen LogP contribution in [-0.4, -0.2) is 119 Å². The minimum absolute atomic E-state index is 0.0469. The van der Waals surface area contributed by atoms with E-state index in [2.05, 4.69) is 47.5 Å². The van der Waals surface area contributed by atoms with Crippen molar-refractivity contribution in [1.82, 2.24) is 35.3 Å². The summed E-state index contributed by atoms with van der Waals surface area (Å²) in [6, 6.07) is 14.4. The Balaban J connectivity index is 1.16. The van der Waals surface area contributed by atoms with Crippen molar-refractivity contribution in [3.63, 3.8) is 0 Å². The summed E-state index contributed by atoms with van der Waals surface area (Å²) in [5.74, 6) is 5.47. The molecule has 1 fully saturated rings. The van der Waals surface area contributed by atoms with Gasteiger partial charge in [-0.15, -0.1) is 21.5 Å². The third-order valence-electron chi connectivity index (χ3n) is 8.85. The first kappa shape index (κ1) is 39.9. The van der Waals surface area contributed by atoms with Crippen LogP contribution >= 0.6 is 22.7 Å². The SMILES string of the molecule is Cc1cc(N(CCCC(O)CN2CCNCC2)c2nc(C(=O)O)c(CCCOc3ccc(C#CCN(C)C)cc3F)s2)nnc1Nc1nc2ccccc2s1. The fraction of sp³-hybridized carbons (Fsp3) is 0.410. The predicted octanol–water partition coefficient (Wildman–Crippen LogP) is 5.54. The first-order valence-electron chi connectivity index (χ1n) is 18.3. The number of carbonyl (C=O) groups is 1. The number of piperazine rings is 1. The number of nitrogens with zero attached hydrogens (tertiary/aromatic N) is 7. The van der Waals surface area contributed by atoms with Gasteiger partial charge in [0.2, 0.25) is 0 Å². The Morgan fingerprint density at radius 3 is 2.67 bits per heavy atom. The standard InChI is InChI=1S/C39H46FN9O4S2/c1-26-23-34(45-46-36(26)44-38-42-30-11-4-5-12-32(30)54-38)49(19-7-10-28(50)25-48-20-16-41-17-21-48)39-43-35(37(51)52)33(55-39)13-8-22-53-31-15-14-27(24-29(31)40)9-6-18-47(2)3/h4-5,11-12,14-15,23-24,28,41,50H,7-8,10,13,16-22,25H2,1-3H3,(H,51,52)(H,42,44,46). The molecule has 0 bridgehead atoms. The number of ether oxygens (including phenoxy) is 1. The molecule has 0 spiro atoms. The number of aliphatic hydroxyl groups excluding tert-OH is 1. The summed E-state index contributed by atoms with van der Waals surface area (Å²) in [5, 5.41) is 37.9. The molecule has 1 aliphatic rings. The molecule has 4 heterocycles. The number of fused-ring (bicyclic) bond motifs is 1. The molecular formula is C39H46FN9O4S2. The number of aromatic carboxylic acids is 1. The summed E-state index contributed by atoms with van der Waals surface area (Å²) >= 11 is 2.79.